The van der Waals surface area contributed by atoms with Crippen LogP contribution in [0, 0.1) is 5.82 Å². The van der Waals surface area contributed by atoms with Crippen LogP contribution in [0.5, 0.6) is 0 Å². The maximum absolute atomic E-state index is 13.4. The fourth-order valence-corrected chi connectivity index (χ4v) is 3.64. The lowest BCUT2D eigenvalue weighted by atomic mass is 10.2. The molecule has 9 heteroatoms. The number of piperazine rings is 1. The Morgan fingerprint density at radius 2 is 1.95 bits per heavy atom. The average molecular weight is 339 g/mol. The number of methoxy groups -OCH3 is 1. The molecule has 1 heterocycles. The van der Waals surface area contributed by atoms with Crippen molar-refractivity contribution < 1.29 is 22.3 Å². The summed E-state index contributed by atoms with van der Waals surface area (Å²) in [6, 6.07) is 3.00. The Morgan fingerprint density at radius 1 is 1.33 bits per heavy atom. The molecule has 0 aliphatic carbocycles. The second kappa shape index (κ2) is 7.17. The standard InChI is InChI=1S/C12H15FN2O4S.ClH/c1-19-12(16)10-3-2-9(13)8-11(10)20(17,18)15-6-4-14-5-7-15;/h2-3,8,14H,4-7H2,1H3;1H. The second-order valence-corrected chi connectivity index (χ2v) is 6.19. The summed E-state index contributed by atoms with van der Waals surface area (Å²) in [5.41, 5.74) is -0.160. The van der Waals surface area contributed by atoms with E-state index < -0.39 is 21.8 Å². The van der Waals surface area contributed by atoms with Crippen LogP contribution in [0.2, 0.25) is 0 Å². The highest BCUT2D eigenvalue weighted by Gasteiger charge is 2.30. The molecule has 1 aliphatic heterocycles. The third-order valence-corrected chi connectivity index (χ3v) is 4.98. The predicted octanol–water partition coefficient (Wildman–Crippen LogP) is 0.628. The van der Waals surface area contributed by atoms with Crippen LogP contribution in [-0.2, 0) is 14.8 Å². The van der Waals surface area contributed by atoms with E-state index in [1.165, 1.54) is 4.31 Å². The van der Waals surface area contributed by atoms with E-state index in [4.69, 9.17) is 0 Å². The smallest absolute Gasteiger partial charge is 0.339 e. The number of hydrogen-bond donors (Lipinski definition) is 1. The molecule has 1 saturated heterocycles. The number of halogens is 2. The van der Waals surface area contributed by atoms with Gasteiger partial charge in [0.05, 0.1) is 17.6 Å². The Kier molecular flexibility index (Phi) is 6.09. The number of carbonyl (C=O) groups excluding carboxylic acids is 1. The van der Waals surface area contributed by atoms with Crippen molar-refractivity contribution in [3.8, 4) is 0 Å². The van der Waals surface area contributed by atoms with Crippen LogP contribution >= 0.6 is 12.4 Å². The molecule has 118 valence electrons. The average Bonchev–Trinajstić information content (AvgIpc) is 2.47. The van der Waals surface area contributed by atoms with Gasteiger partial charge in [-0.1, -0.05) is 0 Å². The summed E-state index contributed by atoms with van der Waals surface area (Å²) in [5, 5.41) is 3.03. The van der Waals surface area contributed by atoms with E-state index >= 15 is 0 Å². The Hall–Kier alpha value is -1.22. The van der Waals surface area contributed by atoms with Crippen LogP contribution < -0.4 is 5.32 Å². The summed E-state index contributed by atoms with van der Waals surface area (Å²) in [6.45, 7) is 1.59. The Morgan fingerprint density at radius 3 is 2.52 bits per heavy atom. The number of rotatable bonds is 3. The lowest BCUT2D eigenvalue weighted by molar-refractivity contribution is 0.0596. The van der Waals surface area contributed by atoms with Gasteiger partial charge in [-0.15, -0.1) is 12.4 Å². The SMILES string of the molecule is COC(=O)c1ccc(F)cc1S(=O)(=O)N1CCNCC1.Cl. The van der Waals surface area contributed by atoms with E-state index in [1.807, 2.05) is 0 Å². The van der Waals surface area contributed by atoms with Crippen LogP contribution in [0.15, 0.2) is 23.1 Å². The molecule has 0 radical (unpaired) electrons. The summed E-state index contributed by atoms with van der Waals surface area (Å²) in [5.74, 6) is -1.52. The Balaban J connectivity index is 0.00000220. The molecule has 1 aromatic rings. The topological polar surface area (TPSA) is 75.7 Å². The fraction of sp³-hybridized carbons (Fsp3) is 0.417. The highest BCUT2D eigenvalue weighted by Crippen LogP contribution is 2.22. The molecule has 21 heavy (non-hydrogen) atoms. The van der Waals surface area contributed by atoms with Crippen LogP contribution in [0.3, 0.4) is 0 Å². The Bertz CT molecular complexity index is 618. The molecule has 1 aliphatic rings. The third kappa shape index (κ3) is 3.70. The zero-order valence-corrected chi connectivity index (χ0v) is 13.0. The first-order valence-corrected chi connectivity index (χ1v) is 7.49. The lowest BCUT2D eigenvalue weighted by Gasteiger charge is -2.27. The van der Waals surface area contributed by atoms with E-state index in [1.54, 1.807) is 0 Å². The van der Waals surface area contributed by atoms with Crippen LogP contribution in [0.1, 0.15) is 10.4 Å². The van der Waals surface area contributed by atoms with Crippen molar-refractivity contribution in [3.05, 3.63) is 29.6 Å². The van der Waals surface area contributed by atoms with Gasteiger partial charge in [0.25, 0.3) is 0 Å². The van der Waals surface area contributed by atoms with Gasteiger partial charge in [-0.05, 0) is 18.2 Å². The molecule has 0 aromatic heterocycles. The molecule has 0 amide bonds. The molecule has 1 aromatic carbocycles. The minimum absolute atomic E-state index is 0. The third-order valence-electron chi connectivity index (χ3n) is 3.04. The van der Waals surface area contributed by atoms with Gasteiger partial charge in [0, 0.05) is 26.2 Å². The van der Waals surface area contributed by atoms with Crippen molar-refractivity contribution in [3.63, 3.8) is 0 Å². The van der Waals surface area contributed by atoms with Gasteiger partial charge >= 0.3 is 5.97 Å². The van der Waals surface area contributed by atoms with Gasteiger partial charge in [-0.2, -0.15) is 4.31 Å². The summed E-state index contributed by atoms with van der Waals surface area (Å²) >= 11 is 0. The maximum Gasteiger partial charge on any atom is 0.339 e. The van der Waals surface area contributed by atoms with Gasteiger partial charge < -0.3 is 10.1 Å². The van der Waals surface area contributed by atoms with Crippen LogP contribution in [0.4, 0.5) is 4.39 Å². The largest absolute Gasteiger partial charge is 0.465 e. The van der Waals surface area contributed by atoms with Gasteiger partial charge in [-0.3, -0.25) is 0 Å². The number of ether oxygens (including phenoxy) is 1. The quantitative estimate of drug-likeness (QED) is 0.818. The predicted molar refractivity (Wildman–Crippen MR) is 76.6 cm³/mol. The second-order valence-electron chi connectivity index (χ2n) is 4.29. The number of benzene rings is 1. The number of esters is 1. The molecule has 1 fully saturated rings. The number of sulfonamides is 1. The molecule has 1 N–H and O–H groups in total. The molecule has 0 atom stereocenters. The van der Waals surface area contributed by atoms with Gasteiger partial charge in [0.2, 0.25) is 10.0 Å². The van der Waals surface area contributed by atoms with Crippen LogP contribution in [0.25, 0.3) is 0 Å². The van der Waals surface area contributed by atoms with E-state index in [0.717, 1.165) is 25.3 Å². The highest BCUT2D eigenvalue weighted by molar-refractivity contribution is 7.89. The van der Waals surface area contributed by atoms with Gasteiger partial charge in [0.1, 0.15) is 5.82 Å². The summed E-state index contributed by atoms with van der Waals surface area (Å²) in [6.07, 6.45) is 0. The van der Waals surface area contributed by atoms with Gasteiger partial charge in [0.15, 0.2) is 0 Å². The molecule has 0 spiro atoms. The molecular weight excluding hydrogens is 323 g/mol. The zero-order chi connectivity index (χ0) is 14.8. The number of nitrogens with zero attached hydrogens (tertiary/aromatic N) is 1. The highest BCUT2D eigenvalue weighted by atomic mass is 35.5. The van der Waals surface area contributed by atoms with E-state index in [9.17, 15) is 17.6 Å². The number of carbonyl (C=O) groups is 1. The Labute approximate surface area is 128 Å². The molecule has 6 nitrogen and oxygen atoms in total. The molecule has 0 saturated carbocycles. The van der Waals surface area contributed by atoms with E-state index in [2.05, 4.69) is 10.1 Å². The van der Waals surface area contributed by atoms with Crippen molar-refractivity contribution in [2.75, 3.05) is 33.3 Å². The van der Waals surface area contributed by atoms with E-state index in [0.29, 0.717) is 13.1 Å². The van der Waals surface area contributed by atoms with E-state index in [-0.39, 0.29) is 36.0 Å². The molecule has 0 bridgehead atoms. The number of nitrogens with one attached hydrogen (secondary N) is 1. The fourth-order valence-electron chi connectivity index (χ4n) is 2.01. The summed E-state index contributed by atoms with van der Waals surface area (Å²) in [4.78, 5) is 11.3. The summed E-state index contributed by atoms with van der Waals surface area (Å²) in [7, 11) is -2.77. The maximum atomic E-state index is 13.4. The van der Waals surface area contributed by atoms with Gasteiger partial charge in [-0.25, -0.2) is 17.6 Å². The van der Waals surface area contributed by atoms with Crippen LogP contribution in [-0.4, -0.2) is 52.0 Å². The van der Waals surface area contributed by atoms with Crippen molar-refractivity contribution in [1.82, 2.24) is 9.62 Å². The normalized spacial score (nSPS) is 16.1. The first-order chi connectivity index (χ1) is 9.46. The monoisotopic (exact) mass is 338 g/mol. The first kappa shape index (κ1) is 17.8. The first-order valence-electron chi connectivity index (χ1n) is 6.05. The van der Waals surface area contributed by atoms with Crippen molar-refractivity contribution in [2.45, 2.75) is 4.90 Å². The minimum atomic E-state index is -3.92. The molecular formula is C12H16ClFN2O4S. The van der Waals surface area contributed by atoms with Crippen molar-refractivity contribution in [2.24, 2.45) is 0 Å². The van der Waals surface area contributed by atoms with Crippen molar-refractivity contribution >= 4 is 28.4 Å². The minimum Gasteiger partial charge on any atom is -0.465 e. The molecule has 2 rings (SSSR count). The number of hydrogen-bond acceptors (Lipinski definition) is 5. The lowest BCUT2D eigenvalue weighted by Crippen LogP contribution is -2.46. The zero-order valence-electron chi connectivity index (χ0n) is 11.3. The summed E-state index contributed by atoms with van der Waals surface area (Å²) < 4.78 is 44.1. The van der Waals surface area contributed by atoms with Crippen molar-refractivity contribution in [1.29, 1.82) is 0 Å². The molecule has 0 unspecified atom stereocenters.